The first-order valence-electron chi connectivity index (χ1n) is 8.37. The molecule has 0 saturated carbocycles. The fourth-order valence-corrected chi connectivity index (χ4v) is 2.69. The Bertz CT molecular complexity index is 655. The number of rotatable bonds is 4. The van der Waals surface area contributed by atoms with E-state index in [2.05, 4.69) is 5.32 Å². The van der Waals surface area contributed by atoms with Gasteiger partial charge in [0, 0.05) is 6.54 Å². The first-order chi connectivity index (χ1) is 12.2. The largest absolute Gasteiger partial charge is 0.480 e. The van der Waals surface area contributed by atoms with E-state index in [1.165, 1.54) is 0 Å². The molecular formula is C18H24N2O6. The Morgan fingerprint density at radius 2 is 1.88 bits per heavy atom. The molecule has 1 aromatic rings. The number of alkyl carbamates (subject to hydrolysis) is 1. The molecular weight excluding hydrogens is 340 g/mol. The van der Waals surface area contributed by atoms with Crippen molar-refractivity contribution in [1.29, 1.82) is 0 Å². The molecule has 1 aromatic carbocycles. The van der Waals surface area contributed by atoms with E-state index < -0.39 is 35.8 Å². The molecule has 1 aliphatic rings. The summed E-state index contributed by atoms with van der Waals surface area (Å²) in [5.74, 6) is -1.21. The third-order valence-electron chi connectivity index (χ3n) is 3.79. The Kier molecular flexibility index (Phi) is 6.07. The van der Waals surface area contributed by atoms with Crippen LogP contribution >= 0.6 is 0 Å². The highest BCUT2D eigenvalue weighted by molar-refractivity contribution is 5.82. The maximum atomic E-state index is 12.2. The number of carbonyl (C=O) groups is 3. The first-order valence-corrected chi connectivity index (χ1v) is 8.37. The smallest absolute Gasteiger partial charge is 0.411 e. The molecule has 0 spiro atoms. The predicted octanol–water partition coefficient (Wildman–Crippen LogP) is 2.38. The molecule has 142 valence electrons. The van der Waals surface area contributed by atoms with E-state index >= 15 is 0 Å². The summed E-state index contributed by atoms with van der Waals surface area (Å²) in [6.07, 6.45) is -1.14. The molecule has 0 bridgehead atoms. The van der Waals surface area contributed by atoms with Crippen molar-refractivity contribution in [3.8, 4) is 0 Å². The number of benzene rings is 1. The number of likely N-dealkylation sites (tertiary alicyclic amines) is 1. The second kappa shape index (κ2) is 8.07. The van der Waals surface area contributed by atoms with Gasteiger partial charge in [0.15, 0.2) is 6.04 Å². The van der Waals surface area contributed by atoms with Gasteiger partial charge in [-0.05, 0) is 32.8 Å². The fourth-order valence-electron chi connectivity index (χ4n) is 2.69. The molecule has 2 rings (SSSR count). The molecule has 26 heavy (non-hydrogen) atoms. The van der Waals surface area contributed by atoms with Crippen LogP contribution in [0.3, 0.4) is 0 Å². The van der Waals surface area contributed by atoms with Gasteiger partial charge in [-0.3, -0.25) is 4.90 Å². The zero-order valence-electron chi connectivity index (χ0n) is 15.1. The molecule has 2 atom stereocenters. The lowest BCUT2D eigenvalue weighted by molar-refractivity contribution is -0.142. The standard InChI is InChI=1S/C18H24N2O6/c1-18(2,3)26-17(24)20-10-9-13(14(20)15(21)22)19-16(23)25-11-12-7-5-4-6-8-12/h4-8,13-14H,9-11H2,1-3H3,(H,19,23)(H,21,22)/t13-,14-/m0/s1. The van der Waals surface area contributed by atoms with E-state index in [0.717, 1.165) is 10.5 Å². The normalized spacial score (nSPS) is 19.7. The van der Waals surface area contributed by atoms with Crippen LogP contribution in [-0.2, 0) is 20.9 Å². The van der Waals surface area contributed by atoms with Crippen LogP contribution in [0.5, 0.6) is 0 Å². The minimum atomic E-state index is -1.21. The third-order valence-corrected chi connectivity index (χ3v) is 3.79. The molecule has 8 nitrogen and oxygen atoms in total. The molecule has 1 heterocycles. The average molecular weight is 364 g/mol. The molecule has 1 aliphatic heterocycles. The quantitative estimate of drug-likeness (QED) is 0.850. The Labute approximate surface area is 152 Å². The molecule has 0 aliphatic carbocycles. The summed E-state index contributed by atoms with van der Waals surface area (Å²) in [5.41, 5.74) is 0.0829. The first kappa shape index (κ1) is 19.6. The number of carboxylic acid groups (broad SMARTS) is 1. The molecule has 0 aromatic heterocycles. The minimum Gasteiger partial charge on any atom is -0.480 e. The van der Waals surface area contributed by atoms with Crippen LogP contribution in [-0.4, -0.2) is 52.4 Å². The fraction of sp³-hybridized carbons (Fsp3) is 0.500. The number of aliphatic carboxylic acids is 1. The Balaban J connectivity index is 1.95. The van der Waals surface area contributed by atoms with Gasteiger partial charge in [-0.15, -0.1) is 0 Å². The average Bonchev–Trinajstić information content (AvgIpc) is 2.96. The van der Waals surface area contributed by atoms with Crippen molar-refractivity contribution in [2.75, 3.05) is 6.54 Å². The number of hydrogen-bond donors (Lipinski definition) is 2. The van der Waals surface area contributed by atoms with E-state index in [9.17, 15) is 19.5 Å². The van der Waals surface area contributed by atoms with Crippen LogP contribution in [0.2, 0.25) is 0 Å². The highest BCUT2D eigenvalue weighted by Crippen LogP contribution is 2.22. The number of amides is 2. The summed E-state index contributed by atoms with van der Waals surface area (Å²) in [6.45, 7) is 5.36. The van der Waals surface area contributed by atoms with E-state index in [1.54, 1.807) is 20.8 Å². The molecule has 1 saturated heterocycles. The number of nitrogens with zero attached hydrogens (tertiary/aromatic N) is 1. The Morgan fingerprint density at radius 3 is 2.46 bits per heavy atom. The van der Waals surface area contributed by atoms with E-state index in [0.29, 0.717) is 6.42 Å². The van der Waals surface area contributed by atoms with Gasteiger partial charge in [-0.25, -0.2) is 14.4 Å². The second-order valence-corrected chi connectivity index (χ2v) is 7.06. The summed E-state index contributed by atoms with van der Waals surface area (Å²) in [5, 5.41) is 12.0. The number of carbonyl (C=O) groups excluding carboxylic acids is 2. The Hall–Kier alpha value is -2.77. The van der Waals surface area contributed by atoms with Gasteiger partial charge < -0.3 is 19.9 Å². The highest BCUT2D eigenvalue weighted by Gasteiger charge is 2.44. The van der Waals surface area contributed by atoms with Gasteiger partial charge in [0.25, 0.3) is 0 Å². The lowest BCUT2D eigenvalue weighted by Gasteiger charge is -2.28. The van der Waals surface area contributed by atoms with Crippen LogP contribution < -0.4 is 5.32 Å². The van der Waals surface area contributed by atoms with Crippen molar-refractivity contribution in [3.05, 3.63) is 35.9 Å². The van der Waals surface area contributed by atoms with Crippen molar-refractivity contribution in [1.82, 2.24) is 10.2 Å². The van der Waals surface area contributed by atoms with Crippen molar-refractivity contribution < 1.29 is 29.0 Å². The lowest BCUT2D eigenvalue weighted by atomic mass is 10.1. The summed E-state index contributed by atoms with van der Waals surface area (Å²) < 4.78 is 10.4. The summed E-state index contributed by atoms with van der Waals surface area (Å²) in [4.78, 5) is 36.9. The van der Waals surface area contributed by atoms with E-state index in [4.69, 9.17) is 9.47 Å². The lowest BCUT2D eigenvalue weighted by Crippen LogP contribution is -2.52. The van der Waals surface area contributed by atoms with E-state index in [-0.39, 0.29) is 13.2 Å². The number of carboxylic acids is 1. The molecule has 1 fully saturated rings. The third kappa shape index (κ3) is 5.37. The summed E-state index contributed by atoms with van der Waals surface area (Å²) in [7, 11) is 0. The minimum absolute atomic E-state index is 0.0763. The van der Waals surface area contributed by atoms with Crippen LogP contribution in [0.1, 0.15) is 32.8 Å². The maximum Gasteiger partial charge on any atom is 0.411 e. The highest BCUT2D eigenvalue weighted by atomic mass is 16.6. The van der Waals surface area contributed by atoms with Gasteiger partial charge in [-0.2, -0.15) is 0 Å². The SMILES string of the molecule is CC(C)(C)OC(=O)N1CC[C@H](NC(=O)OCc2ccccc2)[C@H]1C(=O)O. The van der Waals surface area contributed by atoms with Gasteiger partial charge >= 0.3 is 18.2 Å². The number of ether oxygens (including phenoxy) is 2. The van der Waals surface area contributed by atoms with Gasteiger partial charge in [0.05, 0.1) is 6.04 Å². The van der Waals surface area contributed by atoms with Gasteiger partial charge in [0.2, 0.25) is 0 Å². The van der Waals surface area contributed by atoms with E-state index in [1.807, 2.05) is 30.3 Å². The second-order valence-electron chi connectivity index (χ2n) is 7.06. The van der Waals surface area contributed by atoms with Gasteiger partial charge in [-0.1, -0.05) is 30.3 Å². The molecule has 0 radical (unpaired) electrons. The van der Waals surface area contributed by atoms with Crippen molar-refractivity contribution >= 4 is 18.2 Å². The summed E-state index contributed by atoms with van der Waals surface area (Å²) in [6, 6.07) is 7.18. The zero-order valence-corrected chi connectivity index (χ0v) is 15.1. The molecule has 0 unspecified atom stereocenters. The monoisotopic (exact) mass is 364 g/mol. The van der Waals surface area contributed by atoms with Crippen LogP contribution in [0, 0.1) is 0 Å². The van der Waals surface area contributed by atoms with Crippen molar-refractivity contribution in [2.24, 2.45) is 0 Å². The molecule has 8 heteroatoms. The number of hydrogen-bond acceptors (Lipinski definition) is 5. The molecule has 2 amide bonds. The topological polar surface area (TPSA) is 105 Å². The zero-order chi connectivity index (χ0) is 19.3. The van der Waals surface area contributed by atoms with Crippen molar-refractivity contribution in [2.45, 2.75) is 51.5 Å². The molecule has 2 N–H and O–H groups in total. The predicted molar refractivity (Wildman–Crippen MR) is 92.5 cm³/mol. The van der Waals surface area contributed by atoms with Crippen molar-refractivity contribution in [3.63, 3.8) is 0 Å². The van der Waals surface area contributed by atoms with Crippen LogP contribution in [0.25, 0.3) is 0 Å². The Morgan fingerprint density at radius 1 is 1.23 bits per heavy atom. The maximum absolute atomic E-state index is 12.2. The van der Waals surface area contributed by atoms with Crippen LogP contribution in [0.4, 0.5) is 9.59 Å². The summed E-state index contributed by atoms with van der Waals surface area (Å²) >= 11 is 0. The van der Waals surface area contributed by atoms with Crippen LogP contribution in [0.15, 0.2) is 30.3 Å². The number of nitrogens with one attached hydrogen (secondary N) is 1. The van der Waals surface area contributed by atoms with Gasteiger partial charge in [0.1, 0.15) is 12.2 Å².